The van der Waals surface area contributed by atoms with E-state index in [0.717, 1.165) is 21.4 Å². The molecule has 0 saturated heterocycles. The largest absolute Gasteiger partial charge is 0.493 e. The van der Waals surface area contributed by atoms with E-state index in [1.54, 1.807) is 20.3 Å². The molecule has 0 aliphatic heterocycles. The van der Waals surface area contributed by atoms with Gasteiger partial charge in [0, 0.05) is 17.1 Å². The molecule has 8 nitrogen and oxygen atoms in total. The number of rotatable bonds is 10. The molecule has 0 aliphatic carbocycles. The second kappa shape index (κ2) is 11.9. The first-order valence-corrected chi connectivity index (χ1v) is 12.6. The third-order valence-electron chi connectivity index (χ3n) is 5.07. The monoisotopic (exact) mass is 560 g/mol. The van der Waals surface area contributed by atoms with Crippen molar-refractivity contribution < 1.29 is 19.1 Å². The van der Waals surface area contributed by atoms with E-state index in [2.05, 4.69) is 31.9 Å². The maximum absolute atomic E-state index is 13.1. The number of hydrogen-bond acceptors (Lipinski definition) is 7. The van der Waals surface area contributed by atoms with Crippen LogP contribution in [0.2, 0.25) is 0 Å². The summed E-state index contributed by atoms with van der Waals surface area (Å²) in [5, 5.41) is 9.56. The number of nitrogens with two attached hydrogens (primary N) is 1. The molecule has 0 bridgehead atoms. The Balaban J connectivity index is 1.77. The van der Waals surface area contributed by atoms with Gasteiger partial charge in [-0.3, -0.25) is 9.59 Å². The zero-order valence-electron chi connectivity index (χ0n) is 20.0. The van der Waals surface area contributed by atoms with Gasteiger partial charge in [0.1, 0.15) is 9.88 Å². The summed E-state index contributed by atoms with van der Waals surface area (Å²) in [6, 6.07) is 13.0. The van der Waals surface area contributed by atoms with Crippen LogP contribution in [-0.2, 0) is 6.42 Å². The number of halogens is 1. The highest BCUT2D eigenvalue weighted by Crippen LogP contribution is 2.37. The first-order chi connectivity index (χ1) is 16.7. The van der Waals surface area contributed by atoms with E-state index >= 15 is 0 Å². The normalized spacial score (nSPS) is 10.7. The molecule has 10 heteroatoms. The third-order valence-corrected chi connectivity index (χ3v) is 6.89. The number of anilines is 3. The van der Waals surface area contributed by atoms with Gasteiger partial charge in [0.05, 0.1) is 31.2 Å². The number of thiophene rings is 1. The highest BCUT2D eigenvalue weighted by molar-refractivity contribution is 9.10. The zero-order valence-corrected chi connectivity index (χ0v) is 22.4. The molecule has 1 aromatic heterocycles. The van der Waals surface area contributed by atoms with Crippen LogP contribution in [0.4, 0.5) is 16.4 Å². The number of carbonyl (C=O) groups is 2. The molecule has 2 amide bonds. The van der Waals surface area contributed by atoms with Crippen molar-refractivity contribution in [3.63, 3.8) is 0 Å². The Hall–Kier alpha value is -3.24. The molecular weight excluding hydrogens is 532 g/mol. The van der Waals surface area contributed by atoms with Crippen LogP contribution in [0.15, 0.2) is 46.9 Å². The maximum Gasteiger partial charge on any atom is 0.267 e. The minimum absolute atomic E-state index is 0.0468. The fourth-order valence-electron chi connectivity index (χ4n) is 3.39. The number of carbonyl (C=O) groups excluding carboxylic acids is 2. The molecule has 0 radical (unpaired) electrons. The standard InChI is InChI=1S/C25H29BrN4O4S/c1-14(2)29-25-20(21(27)22(35-25)24(32)30-17-8-6-5-7-16(17)26)23(31)28-12-11-15-9-10-18(33-3)19(13-15)34-4/h5-10,13-14,29H,11-12,27H2,1-4H3,(H,28,31)(H,30,32). The number of nitrogen functional groups attached to an aromatic ring is 1. The van der Waals surface area contributed by atoms with Crippen LogP contribution in [0, 0.1) is 0 Å². The van der Waals surface area contributed by atoms with Crippen molar-refractivity contribution in [3.05, 3.63) is 62.9 Å². The zero-order chi connectivity index (χ0) is 25.5. The van der Waals surface area contributed by atoms with Gasteiger partial charge >= 0.3 is 0 Å². The van der Waals surface area contributed by atoms with Crippen LogP contribution < -0.4 is 31.2 Å². The maximum atomic E-state index is 13.1. The van der Waals surface area contributed by atoms with Crippen molar-refractivity contribution in [2.75, 3.05) is 37.1 Å². The van der Waals surface area contributed by atoms with Gasteiger partial charge in [0.2, 0.25) is 0 Å². The lowest BCUT2D eigenvalue weighted by molar-refractivity contribution is 0.0956. The number of benzene rings is 2. The van der Waals surface area contributed by atoms with Crippen LogP contribution in [0.25, 0.3) is 0 Å². The van der Waals surface area contributed by atoms with Crippen LogP contribution in [0.1, 0.15) is 39.4 Å². The van der Waals surface area contributed by atoms with E-state index in [1.165, 1.54) is 0 Å². The van der Waals surface area contributed by atoms with Gasteiger partial charge in [0.15, 0.2) is 11.5 Å². The molecule has 186 valence electrons. The van der Waals surface area contributed by atoms with Crippen LogP contribution in [0.3, 0.4) is 0 Å². The molecule has 2 aromatic carbocycles. The summed E-state index contributed by atoms with van der Waals surface area (Å²) in [7, 11) is 3.16. The van der Waals surface area contributed by atoms with Gasteiger partial charge < -0.3 is 31.2 Å². The molecule has 5 N–H and O–H groups in total. The Labute approximate surface area is 217 Å². The van der Waals surface area contributed by atoms with Crippen molar-refractivity contribution in [1.29, 1.82) is 0 Å². The number of ether oxygens (including phenoxy) is 2. The first kappa shape index (κ1) is 26.4. The van der Waals surface area contributed by atoms with E-state index in [1.807, 2.05) is 50.2 Å². The molecular formula is C25H29BrN4O4S. The van der Waals surface area contributed by atoms with Gasteiger partial charge in [-0.05, 0) is 66.0 Å². The minimum Gasteiger partial charge on any atom is -0.493 e. The Kier molecular flexibility index (Phi) is 9.00. The summed E-state index contributed by atoms with van der Waals surface area (Å²) >= 11 is 4.58. The molecule has 35 heavy (non-hydrogen) atoms. The third kappa shape index (κ3) is 6.46. The predicted octanol–water partition coefficient (Wildman–Crippen LogP) is 5.16. The molecule has 0 saturated carbocycles. The topological polar surface area (TPSA) is 115 Å². The molecule has 0 aliphatic rings. The lowest BCUT2D eigenvalue weighted by atomic mass is 10.1. The summed E-state index contributed by atoms with van der Waals surface area (Å²) in [5.41, 5.74) is 8.35. The van der Waals surface area contributed by atoms with E-state index in [9.17, 15) is 9.59 Å². The second-order valence-corrected chi connectivity index (χ2v) is 9.85. The van der Waals surface area contributed by atoms with Gasteiger partial charge in [-0.25, -0.2) is 0 Å². The Morgan fingerprint density at radius 1 is 1.06 bits per heavy atom. The van der Waals surface area contributed by atoms with E-state index in [-0.39, 0.29) is 34.0 Å². The molecule has 0 atom stereocenters. The van der Waals surface area contributed by atoms with E-state index < -0.39 is 0 Å². The van der Waals surface area contributed by atoms with Gasteiger partial charge in [-0.2, -0.15) is 0 Å². The fraction of sp³-hybridized carbons (Fsp3) is 0.280. The van der Waals surface area contributed by atoms with E-state index in [4.69, 9.17) is 15.2 Å². The van der Waals surface area contributed by atoms with Crippen LogP contribution in [0.5, 0.6) is 11.5 Å². The Morgan fingerprint density at radius 2 is 1.77 bits per heavy atom. The number of methoxy groups -OCH3 is 2. The van der Waals surface area contributed by atoms with Crippen LogP contribution in [-0.4, -0.2) is 38.6 Å². The highest BCUT2D eigenvalue weighted by atomic mass is 79.9. The summed E-state index contributed by atoms with van der Waals surface area (Å²) in [4.78, 5) is 26.4. The number of amides is 2. The average molecular weight is 562 g/mol. The molecule has 0 spiro atoms. The lowest BCUT2D eigenvalue weighted by Crippen LogP contribution is -2.27. The van der Waals surface area contributed by atoms with E-state index in [0.29, 0.717) is 35.2 Å². The van der Waals surface area contributed by atoms with Crippen molar-refractivity contribution in [3.8, 4) is 11.5 Å². The summed E-state index contributed by atoms with van der Waals surface area (Å²) in [6.07, 6.45) is 0.582. The minimum atomic E-state index is -0.379. The average Bonchev–Trinajstić information content (AvgIpc) is 3.15. The number of nitrogens with one attached hydrogen (secondary N) is 3. The smallest absolute Gasteiger partial charge is 0.267 e. The molecule has 3 aromatic rings. The summed E-state index contributed by atoms with van der Waals surface area (Å²) in [5.74, 6) is 0.546. The summed E-state index contributed by atoms with van der Waals surface area (Å²) < 4.78 is 11.4. The van der Waals surface area contributed by atoms with Crippen LogP contribution >= 0.6 is 27.3 Å². The molecule has 3 rings (SSSR count). The second-order valence-electron chi connectivity index (χ2n) is 7.98. The first-order valence-electron chi connectivity index (χ1n) is 11.0. The van der Waals surface area contributed by atoms with Crippen molar-refractivity contribution >= 4 is 55.5 Å². The van der Waals surface area contributed by atoms with Crippen molar-refractivity contribution in [2.45, 2.75) is 26.3 Å². The summed E-state index contributed by atoms with van der Waals surface area (Å²) in [6.45, 7) is 4.29. The lowest BCUT2D eigenvalue weighted by Gasteiger charge is -2.12. The predicted molar refractivity (Wildman–Crippen MR) is 145 cm³/mol. The Bertz CT molecular complexity index is 1210. The van der Waals surface area contributed by atoms with Crippen molar-refractivity contribution in [2.24, 2.45) is 0 Å². The van der Waals surface area contributed by atoms with Crippen molar-refractivity contribution in [1.82, 2.24) is 5.32 Å². The number of hydrogen-bond donors (Lipinski definition) is 4. The quantitative estimate of drug-likeness (QED) is 0.272. The molecule has 0 unspecified atom stereocenters. The molecule has 1 heterocycles. The fourth-order valence-corrected chi connectivity index (χ4v) is 4.93. The SMILES string of the molecule is COc1ccc(CCNC(=O)c2c(NC(C)C)sc(C(=O)Nc3ccccc3Br)c2N)cc1OC. The van der Waals surface area contributed by atoms with Gasteiger partial charge in [-0.15, -0.1) is 11.3 Å². The highest BCUT2D eigenvalue weighted by Gasteiger charge is 2.26. The number of para-hydroxylation sites is 1. The molecule has 0 fully saturated rings. The van der Waals surface area contributed by atoms with Gasteiger partial charge in [0.25, 0.3) is 11.8 Å². The van der Waals surface area contributed by atoms with Gasteiger partial charge in [-0.1, -0.05) is 18.2 Å². The Morgan fingerprint density at radius 3 is 2.43 bits per heavy atom.